The van der Waals surface area contributed by atoms with Crippen molar-refractivity contribution >= 4 is 6.29 Å². The van der Waals surface area contributed by atoms with Crippen LogP contribution in [0.3, 0.4) is 0 Å². The summed E-state index contributed by atoms with van der Waals surface area (Å²) in [7, 11) is 3.13. The van der Waals surface area contributed by atoms with E-state index in [4.69, 9.17) is 9.47 Å². The van der Waals surface area contributed by atoms with Crippen LogP contribution in [0.1, 0.15) is 18.4 Å². The van der Waals surface area contributed by atoms with Gasteiger partial charge in [0, 0.05) is 6.20 Å². The van der Waals surface area contributed by atoms with E-state index in [-0.39, 0.29) is 0 Å². The van der Waals surface area contributed by atoms with Crippen molar-refractivity contribution in [2.75, 3.05) is 14.2 Å². The number of carbonyl (C=O) groups excluding carboxylic acids is 1. The minimum Gasteiger partial charge on any atom is -0.496 e. The Balaban J connectivity index is 2.55. The van der Waals surface area contributed by atoms with Crippen LogP contribution in [-0.2, 0) is 10.2 Å². The monoisotopic (exact) mass is 207 g/mol. The smallest absolute Gasteiger partial charge is 0.221 e. The van der Waals surface area contributed by atoms with Gasteiger partial charge in [-0.05, 0) is 18.9 Å². The molecule has 0 bridgehead atoms. The highest BCUT2D eigenvalue weighted by molar-refractivity contribution is 5.76. The van der Waals surface area contributed by atoms with Crippen LogP contribution < -0.4 is 9.47 Å². The van der Waals surface area contributed by atoms with E-state index in [1.165, 1.54) is 0 Å². The van der Waals surface area contributed by atoms with Gasteiger partial charge in [-0.2, -0.15) is 0 Å². The molecule has 15 heavy (non-hydrogen) atoms. The molecule has 0 aliphatic heterocycles. The minimum absolute atomic E-state index is 0.426. The number of aldehydes is 1. The molecule has 0 aromatic carbocycles. The number of methoxy groups -OCH3 is 2. The summed E-state index contributed by atoms with van der Waals surface area (Å²) in [5.41, 5.74) is 0.357. The minimum atomic E-state index is -0.426. The lowest BCUT2D eigenvalue weighted by molar-refractivity contribution is -0.110. The second-order valence-corrected chi connectivity index (χ2v) is 3.67. The molecule has 0 unspecified atom stereocenters. The molecule has 4 nitrogen and oxygen atoms in total. The van der Waals surface area contributed by atoms with Crippen LogP contribution in [0, 0.1) is 0 Å². The van der Waals surface area contributed by atoms with E-state index in [0.29, 0.717) is 11.6 Å². The van der Waals surface area contributed by atoms with Crippen LogP contribution in [0.5, 0.6) is 11.6 Å². The highest BCUT2D eigenvalue weighted by Crippen LogP contribution is 2.52. The average molecular weight is 207 g/mol. The molecule has 1 saturated carbocycles. The number of hydrogen-bond donors (Lipinski definition) is 0. The van der Waals surface area contributed by atoms with Gasteiger partial charge < -0.3 is 14.3 Å². The summed E-state index contributed by atoms with van der Waals surface area (Å²) >= 11 is 0. The first kappa shape index (κ1) is 9.96. The molecule has 1 aliphatic rings. The summed E-state index contributed by atoms with van der Waals surface area (Å²) in [6.07, 6.45) is 4.26. The molecular formula is C11H13NO3. The molecular weight excluding hydrogens is 194 g/mol. The molecule has 0 N–H and O–H groups in total. The molecule has 1 aromatic heterocycles. The number of rotatable bonds is 4. The van der Waals surface area contributed by atoms with Crippen molar-refractivity contribution < 1.29 is 14.3 Å². The fraction of sp³-hybridized carbons (Fsp3) is 0.455. The van der Waals surface area contributed by atoms with Gasteiger partial charge in [0.25, 0.3) is 0 Å². The van der Waals surface area contributed by atoms with E-state index in [2.05, 4.69) is 4.98 Å². The first-order valence-electron chi connectivity index (χ1n) is 4.81. The van der Waals surface area contributed by atoms with E-state index in [1.54, 1.807) is 26.5 Å². The van der Waals surface area contributed by atoms with Crippen molar-refractivity contribution in [3.05, 3.63) is 17.8 Å². The molecule has 1 fully saturated rings. The third kappa shape index (κ3) is 1.46. The maximum atomic E-state index is 11.1. The summed E-state index contributed by atoms with van der Waals surface area (Å²) < 4.78 is 10.4. The first-order valence-corrected chi connectivity index (χ1v) is 4.81. The fourth-order valence-corrected chi connectivity index (χ4v) is 1.77. The van der Waals surface area contributed by atoms with Crippen LogP contribution in [0.2, 0.25) is 0 Å². The number of aromatic nitrogens is 1. The lowest BCUT2D eigenvalue weighted by Gasteiger charge is -2.15. The van der Waals surface area contributed by atoms with Crippen molar-refractivity contribution in [1.29, 1.82) is 0 Å². The summed E-state index contributed by atoms with van der Waals surface area (Å²) in [6, 6.07) is 1.75. The quantitative estimate of drug-likeness (QED) is 0.699. The van der Waals surface area contributed by atoms with Gasteiger partial charge in [0.15, 0.2) is 0 Å². The van der Waals surface area contributed by atoms with E-state index in [0.717, 1.165) is 24.7 Å². The maximum Gasteiger partial charge on any atom is 0.221 e. The first-order chi connectivity index (χ1) is 7.27. The van der Waals surface area contributed by atoms with E-state index in [9.17, 15) is 4.79 Å². The maximum absolute atomic E-state index is 11.1. The second kappa shape index (κ2) is 3.53. The van der Waals surface area contributed by atoms with Gasteiger partial charge in [-0.3, -0.25) is 0 Å². The van der Waals surface area contributed by atoms with Crippen LogP contribution >= 0.6 is 0 Å². The van der Waals surface area contributed by atoms with Gasteiger partial charge in [-0.25, -0.2) is 4.98 Å². The highest BCUT2D eigenvalue weighted by atomic mass is 16.5. The van der Waals surface area contributed by atoms with E-state index in [1.807, 2.05) is 0 Å². The number of nitrogens with zero attached hydrogens (tertiary/aromatic N) is 1. The van der Waals surface area contributed by atoms with Gasteiger partial charge in [-0.15, -0.1) is 0 Å². The number of hydrogen-bond acceptors (Lipinski definition) is 4. The summed E-state index contributed by atoms with van der Waals surface area (Å²) in [5, 5.41) is 0. The third-order valence-electron chi connectivity index (χ3n) is 2.80. The standard InChI is InChI=1S/C11H13NO3/c1-14-8-3-6-12-10(15-2)9(8)11(7-13)4-5-11/h3,6-7H,4-5H2,1-2H3. The van der Waals surface area contributed by atoms with Crippen molar-refractivity contribution in [2.45, 2.75) is 18.3 Å². The predicted molar refractivity (Wildman–Crippen MR) is 54.3 cm³/mol. The Morgan fingerprint density at radius 3 is 2.60 bits per heavy atom. The zero-order valence-corrected chi connectivity index (χ0v) is 8.82. The van der Waals surface area contributed by atoms with Crippen molar-refractivity contribution in [2.24, 2.45) is 0 Å². The summed E-state index contributed by atoms with van der Waals surface area (Å²) in [4.78, 5) is 15.2. The van der Waals surface area contributed by atoms with Crippen molar-refractivity contribution in [1.82, 2.24) is 4.98 Å². The molecule has 2 rings (SSSR count). The third-order valence-corrected chi connectivity index (χ3v) is 2.80. The fourth-order valence-electron chi connectivity index (χ4n) is 1.77. The van der Waals surface area contributed by atoms with Crippen molar-refractivity contribution in [3.63, 3.8) is 0 Å². The number of pyridine rings is 1. The zero-order valence-electron chi connectivity index (χ0n) is 8.82. The lowest BCUT2D eigenvalue weighted by atomic mass is 9.98. The molecule has 0 radical (unpaired) electrons. The van der Waals surface area contributed by atoms with Crippen LogP contribution in [0.15, 0.2) is 12.3 Å². The largest absolute Gasteiger partial charge is 0.496 e. The number of ether oxygens (including phenoxy) is 2. The normalized spacial score (nSPS) is 16.9. The van der Waals surface area contributed by atoms with Crippen LogP contribution in [0.25, 0.3) is 0 Å². The van der Waals surface area contributed by atoms with Crippen molar-refractivity contribution in [3.8, 4) is 11.6 Å². The highest BCUT2D eigenvalue weighted by Gasteiger charge is 2.48. The molecule has 4 heteroatoms. The van der Waals surface area contributed by atoms with Crippen LogP contribution in [-0.4, -0.2) is 25.5 Å². The molecule has 0 saturated heterocycles. The SMILES string of the molecule is COc1ccnc(OC)c1C1(C=O)CC1. The molecule has 1 heterocycles. The number of carbonyl (C=O) groups is 1. The summed E-state index contributed by atoms with van der Waals surface area (Å²) in [6.45, 7) is 0. The Morgan fingerprint density at radius 1 is 1.40 bits per heavy atom. The van der Waals surface area contributed by atoms with Gasteiger partial charge in [0.1, 0.15) is 12.0 Å². The van der Waals surface area contributed by atoms with E-state index >= 15 is 0 Å². The molecule has 0 spiro atoms. The molecule has 80 valence electrons. The Kier molecular flexibility index (Phi) is 2.34. The van der Waals surface area contributed by atoms with Crippen LogP contribution in [0.4, 0.5) is 0 Å². The van der Waals surface area contributed by atoms with Gasteiger partial charge >= 0.3 is 0 Å². The molecule has 0 atom stereocenters. The van der Waals surface area contributed by atoms with Gasteiger partial charge in [0.2, 0.25) is 5.88 Å². The molecule has 1 aliphatic carbocycles. The molecule has 1 aromatic rings. The van der Waals surface area contributed by atoms with Gasteiger partial charge in [0.05, 0.1) is 25.2 Å². The van der Waals surface area contributed by atoms with E-state index < -0.39 is 5.41 Å². The lowest BCUT2D eigenvalue weighted by Crippen LogP contribution is -2.12. The summed E-state index contributed by atoms with van der Waals surface area (Å²) in [5.74, 6) is 1.16. The average Bonchev–Trinajstić information content (AvgIpc) is 3.08. The Labute approximate surface area is 88.2 Å². The predicted octanol–water partition coefficient (Wildman–Crippen LogP) is 1.33. The van der Waals surface area contributed by atoms with Gasteiger partial charge in [-0.1, -0.05) is 0 Å². The Morgan fingerprint density at radius 2 is 2.13 bits per heavy atom. The zero-order chi connectivity index (χ0) is 10.9. The Hall–Kier alpha value is -1.58. The second-order valence-electron chi connectivity index (χ2n) is 3.67. The Bertz CT molecular complexity index is 363. The molecule has 0 amide bonds. The topological polar surface area (TPSA) is 48.4 Å².